The quantitative estimate of drug-likeness (QED) is 0.159. The second kappa shape index (κ2) is 21.1. The summed E-state index contributed by atoms with van der Waals surface area (Å²) in [6, 6.07) is 71.4. The molecule has 0 N–H and O–H groups in total. The molecule has 0 saturated heterocycles. The van der Waals surface area contributed by atoms with Crippen molar-refractivity contribution in [3.05, 3.63) is 239 Å². The minimum absolute atomic E-state index is 0.0452. The molecule has 10 aromatic carbocycles. The molecule has 0 spiro atoms. The van der Waals surface area contributed by atoms with E-state index in [1.54, 1.807) is 0 Å². The average Bonchev–Trinajstić information content (AvgIpc) is 1.51. The van der Waals surface area contributed by atoms with Crippen molar-refractivity contribution in [1.82, 2.24) is 8.80 Å². The molecule has 0 amide bonds. The molecular weight excluding hydrogens is 1160 g/mol. The maximum absolute atomic E-state index is 7.18. The first-order valence-corrected chi connectivity index (χ1v) is 35.0. The Morgan fingerprint density at radius 1 is 0.333 bits per heavy atom. The van der Waals surface area contributed by atoms with Crippen LogP contribution in [-0.4, -0.2) is 8.80 Å². The van der Waals surface area contributed by atoms with E-state index in [0.717, 1.165) is 51.8 Å². The first kappa shape index (κ1) is 61.5. The number of para-hydroxylation sites is 2. The van der Waals surface area contributed by atoms with Crippen LogP contribution in [0.3, 0.4) is 0 Å². The van der Waals surface area contributed by atoms with Gasteiger partial charge in [-0.25, -0.2) is 0 Å². The summed E-state index contributed by atoms with van der Waals surface area (Å²) in [6.45, 7) is 42.3. The third kappa shape index (κ3) is 9.97. The number of fused-ring (bicyclic) bond motifs is 14. The van der Waals surface area contributed by atoms with Crippen molar-refractivity contribution in [2.75, 3.05) is 4.90 Å². The zero-order chi connectivity index (χ0) is 67.2. The van der Waals surface area contributed by atoms with Gasteiger partial charge >= 0.3 is 0 Å². The minimum atomic E-state index is -0.0707. The second-order valence-electron chi connectivity index (χ2n) is 34.3. The largest absolute Gasteiger partial charge is 0.439 e. The van der Waals surface area contributed by atoms with Crippen LogP contribution in [0, 0.1) is 0 Å². The van der Waals surface area contributed by atoms with E-state index in [1.807, 2.05) is 0 Å². The number of hydrogen-bond donors (Lipinski definition) is 0. The maximum Gasteiger partial charge on any atom is 0.213 e. The van der Waals surface area contributed by atoms with Crippen molar-refractivity contribution in [2.45, 2.75) is 170 Å². The van der Waals surface area contributed by atoms with Gasteiger partial charge < -0.3 is 13.7 Å². The summed E-state index contributed by atoms with van der Waals surface area (Å²) >= 11 is 0. The summed E-state index contributed by atoms with van der Waals surface area (Å²) in [5, 5.41) is 11.0. The molecule has 1 aliphatic rings. The molecule has 0 fully saturated rings. The van der Waals surface area contributed by atoms with Gasteiger partial charge in [0.2, 0.25) is 5.71 Å². The number of benzene rings is 10. The molecule has 4 nitrogen and oxygen atoms in total. The number of furan rings is 1. The smallest absolute Gasteiger partial charge is 0.213 e. The fraction of sp³-hybridized carbons (Fsp3) is 0.283. The fourth-order valence-electron chi connectivity index (χ4n) is 15.5. The summed E-state index contributed by atoms with van der Waals surface area (Å²) in [4.78, 5) is 2.45. The van der Waals surface area contributed by atoms with Gasteiger partial charge in [0.15, 0.2) is 0 Å². The van der Waals surface area contributed by atoms with Crippen LogP contribution in [0.25, 0.3) is 132 Å². The fourth-order valence-corrected chi connectivity index (χ4v) is 15.5. The molecule has 0 radical (unpaired) electrons. The van der Waals surface area contributed by atoms with E-state index in [-0.39, 0.29) is 32.5 Å². The number of nitrogens with zero attached hydrogens (tertiary/aromatic N) is 3. The lowest BCUT2D eigenvalue weighted by Gasteiger charge is -2.29. The van der Waals surface area contributed by atoms with Gasteiger partial charge in [-0.3, -0.25) is 4.40 Å². The number of hydrogen-bond acceptors (Lipinski definition) is 2. The lowest BCUT2D eigenvalue weighted by molar-refractivity contribution is 0.568. The third-order valence-corrected chi connectivity index (χ3v) is 21.2. The number of rotatable bonds is 7. The maximum atomic E-state index is 7.18. The Morgan fingerprint density at radius 2 is 0.740 bits per heavy atom. The summed E-state index contributed by atoms with van der Waals surface area (Å²) < 4.78 is 12.3. The number of aromatic nitrogens is 2. The predicted molar refractivity (Wildman–Crippen MR) is 415 cm³/mol. The molecule has 0 unspecified atom stereocenters. The standard InChI is InChI=1S/C92H91N3O/c1-87(2,3)61-37-55(38-62(49-61)88(4,5)6)58-43-71(54-33-35-69(36-34-54)93(67-27-21-19-22-28-67)68-29-23-20-24-30-68)83-76(46-58)77-47-59(56-39-63(89(7,8)9)50-64(40-56)90(10,11)12)44-74-72-52-73-75-45-60(57-41-65(91(13,14)15)51-66(42-57)92(16,17)18)48-78-82-70-31-25-26-32-81(70)96-86(82)95(85(75)78)80(73)53-79(72)94(83)84(74)77/h19-23,25-29,31-53H,24,30H2,1-18H3. The van der Waals surface area contributed by atoms with Crippen LogP contribution < -0.4 is 4.90 Å². The van der Waals surface area contributed by atoms with Crippen LogP contribution in [0.15, 0.2) is 210 Å². The van der Waals surface area contributed by atoms with Crippen LogP contribution in [0.1, 0.15) is 171 Å². The number of allylic oxidation sites excluding steroid dienone is 4. The zero-order valence-electron chi connectivity index (χ0n) is 59.7. The molecule has 96 heavy (non-hydrogen) atoms. The molecule has 0 bridgehead atoms. The first-order chi connectivity index (χ1) is 45.3. The van der Waals surface area contributed by atoms with Gasteiger partial charge in [0.05, 0.1) is 33.0 Å². The van der Waals surface area contributed by atoms with E-state index >= 15 is 0 Å². The normalized spacial score (nSPS) is 14.1. The molecule has 0 aliphatic heterocycles. The van der Waals surface area contributed by atoms with Crippen LogP contribution in [0.4, 0.5) is 11.4 Å². The van der Waals surface area contributed by atoms with Gasteiger partial charge in [0.25, 0.3) is 0 Å². The van der Waals surface area contributed by atoms with Crippen molar-refractivity contribution >= 4 is 98.7 Å². The summed E-state index contributed by atoms with van der Waals surface area (Å²) in [5.74, 6) is 0. The molecule has 0 atom stereocenters. The Kier molecular flexibility index (Phi) is 13.5. The lowest BCUT2D eigenvalue weighted by atomic mass is 9.78. The summed E-state index contributed by atoms with van der Waals surface area (Å²) in [7, 11) is 0. The Bertz CT molecular complexity index is 5630. The minimum Gasteiger partial charge on any atom is -0.439 e. The summed E-state index contributed by atoms with van der Waals surface area (Å²) in [5.41, 5.74) is 28.8. The second-order valence-corrected chi connectivity index (χ2v) is 34.3. The molecule has 16 rings (SSSR count). The topological polar surface area (TPSA) is 25.2 Å². The molecular formula is C92H91N3O. The van der Waals surface area contributed by atoms with Crippen LogP contribution in [0.2, 0.25) is 0 Å². The Labute approximate surface area is 567 Å². The van der Waals surface area contributed by atoms with Crippen LogP contribution in [0.5, 0.6) is 0 Å². The lowest BCUT2D eigenvalue weighted by Crippen LogP contribution is -2.17. The first-order valence-electron chi connectivity index (χ1n) is 35.0. The van der Waals surface area contributed by atoms with Crippen molar-refractivity contribution in [2.24, 2.45) is 0 Å². The summed E-state index contributed by atoms with van der Waals surface area (Å²) in [6.07, 6.45) is 8.76. The molecule has 5 aromatic heterocycles. The van der Waals surface area contributed by atoms with E-state index in [2.05, 4.69) is 339 Å². The SMILES string of the molecule is CC(C)(C)c1cc(-c2cc(-c3ccc(N(C4=CC=CCC4)c4ccccc4)cc3)c3c(c2)c2cc(-c4cc(C(C)(C)C)cc(C(C)(C)C)c4)cc4c5cc6c7cc(-c8cc(C(C)(C)C)cc(C(C)(C)C)c8)cc8c9c%10ccccc%10oc9n(c6cc5n3c42)c78)cc(C(C)(C)C)c1. The van der Waals surface area contributed by atoms with E-state index in [0.29, 0.717) is 0 Å². The van der Waals surface area contributed by atoms with E-state index in [1.165, 1.54) is 143 Å². The van der Waals surface area contributed by atoms with Gasteiger partial charge in [-0.15, -0.1) is 0 Å². The highest BCUT2D eigenvalue weighted by molar-refractivity contribution is 6.32. The van der Waals surface area contributed by atoms with E-state index in [9.17, 15) is 0 Å². The Balaban J connectivity index is 1.06. The molecule has 15 aromatic rings. The highest BCUT2D eigenvalue weighted by atomic mass is 16.3. The van der Waals surface area contributed by atoms with E-state index in [4.69, 9.17) is 4.42 Å². The van der Waals surface area contributed by atoms with Gasteiger partial charge in [-0.05, 0) is 203 Å². The highest BCUT2D eigenvalue weighted by Crippen LogP contribution is 2.52. The zero-order valence-corrected chi connectivity index (χ0v) is 59.7. The van der Waals surface area contributed by atoms with Gasteiger partial charge in [-0.1, -0.05) is 240 Å². The van der Waals surface area contributed by atoms with Gasteiger partial charge in [0.1, 0.15) is 5.58 Å². The highest BCUT2D eigenvalue weighted by Gasteiger charge is 2.31. The van der Waals surface area contributed by atoms with Crippen molar-refractivity contribution in [1.29, 1.82) is 0 Å². The molecule has 0 saturated carbocycles. The average molecular weight is 1250 g/mol. The van der Waals surface area contributed by atoms with Crippen LogP contribution >= 0.6 is 0 Å². The van der Waals surface area contributed by atoms with Gasteiger partial charge in [0, 0.05) is 65.7 Å². The molecule has 5 heterocycles. The van der Waals surface area contributed by atoms with Crippen molar-refractivity contribution in [3.8, 4) is 44.5 Å². The number of anilines is 2. The monoisotopic (exact) mass is 1250 g/mol. The Morgan fingerprint density at radius 3 is 1.22 bits per heavy atom. The van der Waals surface area contributed by atoms with Crippen molar-refractivity contribution < 1.29 is 4.42 Å². The van der Waals surface area contributed by atoms with Crippen molar-refractivity contribution in [3.63, 3.8) is 0 Å². The molecule has 480 valence electrons. The van der Waals surface area contributed by atoms with Gasteiger partial charge in [-0.2, -0.15) is 0 Å². The Hall–Kier alpha value is -9.38. The van der Waals surface area contributed by atoms with Crippen LogP contribution in [-0.2, 0) is 32.5 Å². The predicted octanol–water partition coefficient (Wildman–Crippen LogP) is 26.6. The van der Waals surface area contributed by atoms with E-state index < -0.39 is 0 Å². The molecule has 4 heteroatoms. The third-order valence-electron chi connectivity index (χ3n) is 21.2. The molecule has 1 aliphatic carbocycles.